The smallest absolute Gasteiger partial charge is 0.338 e. The van der Waals surface area contributed by atoms with E-state index in [1.807, 2.05) is 18.2 Å². The van der Waals surface area contributed by atoms with Crippen molar-refractivity contribution in [3.63, 3.8) is 0 Å². The fourth-order valence-corrected chi connectivity index (χ4v) is 2.58. The number of nitrogen functional groups attached to an aromatic ring is 1. The molecule has 134 valence electrons. The molecule has 1 heterocycles. The first-order valence-corrected chi connectivity index (χ1v) is 7.56. The third kappa shape index (κ3) is 6.42. The van der Waals surface area contributed by atoms with E-state index in [0.717, 1.165) is 43.5 Å². The number of methoxy groups -OCH3 is 1. The van der Waals surface area contributed by atoms with Crippen LogP contribution in [0.1, 0.15) is 48.0 Å². The second-order valence-corrected chi connectivity index (χ2v) is 5.50. The van der Waals surface area contributed by atoms with Gasteiger partial charge in [0.25, 0.3) is 0 Å². The van der Waals surface area contributed by atoms with E-state index in [1.165, 1.54) is 7.11 Å². The summed E-state index contributed by atoms with van der Waals surface area (Å²) in [5, 5.41) is 0. The minimum Gasteiger partial charge on any atom is -0.465 e. The lowest BCUT2D eigenvalue weighted by molar-refractivity contribution is 0.0600. The molecule has 2 rings (SSSR count). The number of aliphatic imine (C=N–C) groups is 1. The number of benzene rings is 1. The Morgan fingerprint density at radius 1 is 1.33 bits per heavy atom. The Hall–Kier alpha value is -1.72. The van der Waals surface area contributed by atoms with Crippen LogP contribution in [-0.4, -0.2) is 25.0 Å². The van der Waals surface area contributed by atoms with Crippen LogP contribution < -0.4 is 11.5 Å². The van der Waals surface area contributed by atoms with Crippen LogP contribution >= 0.6 is 24.8 Å². The highest BCUT2D eigenvalue weighted by Crippen LogP contribution is 2.19. The molecule has 0 aromatic heterocycles. The van der Waals surface area contributed by atoms with Gasteiger partial charge in [0.1, 0.15) is 0 Å². The molecule has 0 saturated carbocycles. The van der Waals surface area contributed by atoms with Crippen LogP contribution in [0.5, 0.6) is 0 Å². The number of carbonyl (C=O) groups is 1. The summed E-state index contributed by atoms with van der Waals surface area (Å²) in [5.74, 6) is 0.363. The molecule has 0 amide bonds. The van der Waals surface area contributed by atoms with Crippen molar-refractivity contribution in [2.24, 2.45) is 10.7 Å². The first kappa shape index (κ1) is 22.3. The van der Waals surface area contributed by atoms with Crippen LogP contribution in [0.25, 0.3) is 6.08 Å². The number of halogens is 2. The number of ether oxygens (including phenoxy) is 1. The quantitative estimate of drug-likeness (QED) is 0.622. The van der Waals surface area contributed by atoms with E-state index in [4.69, 9.17) is 16.2 Å². The molecule has 0 aliphatic carbocycles. The molecule has 5 nitrogen and oxygen atoms in total. The number of anilines is 1. The minimum atomic E-state index is -0.385. The van der Waals surface area contributed by atoms with Crippen LogP contribution in [-0.2, 0) is 4.74 Å². The standard InChI is InChI=1S/C17H23N3O2.2ClH/c1-22-17(21)15-11-13(18)10-9-12(15)5-4-7-14-6-2-3-8-16(19)20-14;;/h4-5,9-11,14H,2-3,6-8,18H2,1H3,(H2,19,20);2*1H. The van der Waals surface area contributed by atoms with Gasteiger partial charge in [0, 0.05) is 12.1 Å². The van der Waals surface area contributed by atoms with Crippen molar-refractivity contribution in [1.29, 1.82) is 0 Å². The van der Waals surface area contributed by atoms with Crippen LogP contribution in [0, 0.1) is 0 Å². The summed E-state index contributed by atoms with van der Waals surface area (Å²) in [6.45, 7) is 0. The van der Waals surface area contributed by atoms with E-state index in [1.54, 1.807) is 12.1 Å². The molecule has 0 spiro atoms. The summed E-state index contributed by atoms with van der Waals surface area (Å²) in [4.78, 5) is 16.3. The van der Waals surface area contributed by atoms with E-state index in [0.29, 0.717) is 11.3 Å². The van der Waals surface area contributed by atoms with Crippen molar-refractivity contribution >= 4 is 48.4 Å². The molecule has 1 aromatic carbocycles. The fraction of sp³-hybridized carbons (Fsp3) is 0.412. The SMILES string of the molecule is COC(=O)c1cc(N)ccc1C=CCC1CCCCC(N)=N1.Cl.Cl. The van der Waals surface area contributed by atoms with Crippen molar-refractivity contribution in [1.82, 2.24) is 0 Å². The molecule has 1 aliphatic rings. The Labute approximate surface area is 155 Å². The molecular weight excluding hydrogens is 349 g/mol. The van der Waals surface area contributed by atoms with Gasteiger partial charge in [-0.1, -0.05) is 24.6 Å². The molecule has 1 atom stereocenters. The zero-order chi connectivity index (χ0) is 15.9. The summed E-state index contributed by atoms with van der Waals surface area (Å²) in [7, 11) is 1.36. The molecule has 0 saturated heterocycles. The number of hydrogen-bond acceptors (Lipinski definition) is 5. The van der Waals surface area contributed by atoms with Gasteiger partial charge < -0.3 is 16.2 Å². The summed E-state index contributed by atoms with van der Waals surface area (Å²) in [5.41, 5.74) is 13.4. The van der Waals surface area contributed by atoms with Gasteiger partial charge in [-0.2, -0.15) is 0 Å². The van der Waals surface area contributed by atoms with Crippen molar-refractivity contribution in [2.45, 2.75) is 38.1 Å². The predicted molar refractivity (Wildman–Crippen MR) is 104 cm³/mol. The van der Waals surface area contributed by atoms with Crippen molar-refractivity contribution in [2.75, 3.05) is 12.8 Å². The average Bonchev–Trinajstić information content (AvgIpc) is 2.72. The maximum Gasteiger partial charge on any atom is 0.338 e. The molecule has 0 bridgehead atoms. The van der Waals surface area contributed by atoms with Crippen LogP contribution in [0.2, 0.25) is 0 Å². The highest BCUT2D eigenvalue weighted by Gasteiger charge is 2.12. The van der Waals surface area contributed by atoms with Crippen LogP contribution in [0.15, 0.2) is 29.3 Å². The van der Waals surface area contributed by atoms with E-state index in [2.05, 4.69) is 4.99 Å². The molecule has 1 aliphatic heterocycles. The second kappa shape index (κ2) is 10.9. The van der Waals surface area contributed by atoms with E-state index >= 15 is 0 Å². The van der Waals surface area contributed by atoms with E-state index < -0.39 is 0 Å². The Morgan fingerprint density at radius 2 is 2.08 bits per heavy atom. The number of esters is 1. The summed E-state index contributed by atoms with van der Waals surface area (Å²) < 4.78 is 4.79. The van der Waals surface area contributed by atoms with E-state index in [9.17, 15) is 4.79 Å². The number of carbonyl (C=O) groups excluding carboxylic acids is 1. The minimum absolute atomic E-state index is 0. The molecule has 7 heteroatoms. The fourth-order valence-electron chi connectivity index (χ4n) is 2.58. The second-order valence-electron chi connectivity index (χ2n) is 5.50. The lowest BCUT2D eigenvalue weighted by Gasteiger charge is -2.08. The van der Waals surface area contributed by atoms with Crippen molar-refractivity contribution in [3.8, 4) is 0 Å². The number of rotatable bonds is 4. The monoisotopic (exact) mass is 373 g/mol. The van der Waals surface area contributed by atoms with Gasteiger partial charge in [0.05, 0.1) is 24.6 Å². The Bertz CT molecular complexity index is 603. The highest BCUT2D eigenvalue weighted by molar-refractivity contribution is 5.94. The molecule has 1 aromatic rings. The van der Waals surface area contributed by atoms with E-state index in [-0.39, 0.29) is 36.8 Å². The third-order valence-electron chi connectivity index (χ3n) is 3.76. The van der Waals surface area contributed by atoms with Gasteiger partial charge in [0.2, 0.25) is 0 Å². The molecule has 1 unspecified atom stereocenters. The van der Waals surface area contributed by atoms with Crippen LogP contribution in [0.4, 0.5) is 5.69 Å². The molecule has 0 radical (unpaired) electrons. The summed E-state index contributed by atoms with van der Waals surface area (Å²) in [6.07, 6.45) is 8.97. The zero-order valence-corrected chi connectivity index (χ0v) is 15.4. The lowest BCUT2D eigenvalue weighted by Crippen LogP contribution is -2.13. The van der Waals surface area contributed by atoms with Crippen LogP contribution in [0.3, 0.4) is 0 Å². The van der Waals surface area contributed by atoms with Gasteiger partial charge >= 0.3 is 5.97 Å². The molecule has 24 heavy (non-hydrogen) atoms. The average molecular weight is 374 g/mol. The van der Waals surface area contributed by atoms with Crippen molar-refractivity contribution < 1.29 is 9.53 Å². The highest BCUT2D eigenvalue weighted by atomic mass is 35.5. The summed E-state index contributed by atoms with van der Waals surface area (Å²) >= 11 is 0. The Balaban J connectivity index is 0.00000264. The number of hydrogen-bond donors (Lipinski definition) is 2. The van der Waals surface area contributed by atoms with Gasteiger partial charge in [-0.15, -0.1) is 24.8 Å². The molecular formula is C17H25Cl2N3O2. The van der Waals surface area contributed by atoms with Crippen molar-refractivity contribution in [3.05, 3.63) is 35.4 Å². The maximum absolute atomic E-state index is 11.8. The van der Waals surface area contributed by atoms with Gasteiger partial charge in [-0.25, -0.2) is 4.79 Å². The number of nitrogens with zero attached hydrogens (tertiary/aromatic N) is 1. The molecule has 0 fully saturated rings. The Morgan fingerprint density at radius 3 is 2.79 bits per heavy atom. The maximum atomic E-state index is 11.8. The van der Waals surface area contributed by atoms with Gasteiger partial charge in [0.15, 0.2) is 0 Å². The first-order chi connectivity index (χ1) is 10.6. The first-order valence-electron chi connectivity index (χ1n) is 7.56. The van der Waals surface area contributed by atoms with Gasteiger partial charge in [-0.05, 0) is 37.0 Å². The number of nitrogens with two attached hydrogens (primary N) is 2. The topological polar surface area (TPSA) is 90.7 Å². The Kier molecular flexibility index (Phi) is 10.2. The van der Waals surface area contributed by atoms with Gasteiger partial charge in [-0.3, -0.25) is 4.99 Å². The third-order valence-corrected chi connectivity index (χ3v) is 3.76. The summed E-state index contributed by atoms with van der Waals surface area (Å²) in [6, 6.07) is 5.46. The molecule has 4 N–H and O–H groups in total. The number of amidine groups is 1. The largest absolute Gasteiger partial charge is 0.465 e. The normalized spacial score (nSPS) is 17.2. The predicted octanol–water partition coefficient (Wildman–Crippen LogP) is 3.60. The lowest BCUT2D eigenvalue weighted by atomic mass is 10.0. The zero-order valence-electron chi connectivity index (χ0n) is 13.7.